The molecule has 2 rings (SSSR count). The molecule has 1 unspecified atom stereocenters. The Bertz CT molecular complexity index is 515. The second-order valence-electron chi connectivity index (χ2n) is 5.33. The summed E-state index contributed by atoms with van der Waals surface area (Å²) in [5, 5.41) is 2.98. The summed E-state index contributed by atoms with van der Waals surface area (Å²) in [4.78, 5) is 12.1. The standard InChI is InChI=1S/C16H23NO4S/c1-19-13-5-4-12(8-14(13)20-2)9-15(18)17-10-16(21-3)6-7-22-11-16/h4-5,8H,6-7,9-11H2,1-3H3,(H,17,18). The second-order valence-corrected chi connectivity index (χ2v) is 6.44. The van der Waals surface area contributed by atoms with E-state index in [1.54, 1.807) is 21.3 Å². The normalized spacial score (nSPS) is 20.7. The average Bonchev–Trinajstić information content (AvgIpc) is 3.02. The Morgan fingerprint density at radius 3 is 2.64 bits per heavy atom. The number of nitrogens with one attached hydrogen (secondary N) is 1. The molecule has 1 aliphatic heterocycles. The number of carbonyl (C=O) groups excluding carboxylic acids is 1. The van der Waals surface area contributed by atoms with Gasteiger partial charge in [-0.25, -0.2) is 0 Å². The van der Waals surface area contributed by atoms with Crippen LogP contribution in [0.4, 0.5) is 0 Å². The van der Waals surface area contributed by atoms with Gasteiger partial charge in [0, 0.05) is 19.4 Å². The number of thioether (sulfide) groups is 1. The van der Waals surface area contributed by atoms with Gasteiger partial charge in [-0.15, -0.1) is 0 Å². The summed E-state index contributed by atoms with van der Waals surface area (Å²) in [6.07, 6.45) is 1.29. The predicted molar refractivity (Wildman–Crippen MR) is 87.9 cm³/mol. The zero-order valence-corrected chi connectivity index (χ0v) is 14.1. The molecule has 1 amide bonds. The quantitative estimate of drug-likeness (QED) is 0.829. The van der Waals surface area contributed by atoms with Crippen LogP contribution in [0.1, 0.15) is 12.0 Å². The summed E-state index contributed by atoms with van der Waals surface area (Å²) < 4.78 is 16.0. The first-order valence-electron chi connectivity index (χ1n) is 7.23. The molecule has 122 valence electrons. The third-order valence-electron chi connectivity index (χ3n) is 3.92. The molecular weight excluding hydrogens is 302 g/mol. The van der Waals surface area contributed by atoms with Crippen molar-refractivity contribution < 1.29 is 19.0 Å². The molecule has 0 saturated carbocycles. The lowest BCUT2D eigenvalue weighted by atomic mass is 10.0. The van der Waals surface area contributed by atoms with Crippen LogP contribution in [0.15, 0.2) is 18.2 Å². The van der Waals surface area contributed by atoms with E-state index in [2.05, 4.69) is 5.32 Å². The van der Waals surface area contributed by atoms with Crippen molar-refractivity contribution in [2.75, 3.05) is 39.4 Å². The van der Waals surface area contributed by atoms with Crippen molar-refractivity contribution in [1.29, 1.82) is 0 Å². The zero-order valence-electron chi connectivity index (χ0n) is 13.3. The lowest BCUT2D eigenvalue weighted by Gasteiger charge is -2.26. The Morgan fingerprint density at radius 1 is 1.27 bits per heavy atom. The minimum atomic E-state index is -0.210. The summed E-state index contributed by atoms with van der Waals surface area (Å²) in [6, 6.07) is 5.51. The number of hydrogen-bond donors (Lipinski definition) is 1. The van der Waals surface area contributed by atoms with Crippen LogP contribution in [-0.4, -0.2) is 50.9 Å². The number of hydrogen-bond acceptors (Lipinski definition) is 5. The van der Waals surface area contributed by atoms with Crippen LogP contribution >= 0.6 is 11.8 Å². The highest BCUT2D eigenvalue weighted by molar-refractivity contribution is 7.99. The molecule has 1 saturated heterocycles. The highest BCUT2D eigenvalue weighted by atomic mass is 32.2. The molecule has 1 heterocycles. The molecule has 1 atom stereocenters. The fourth-order valence-corrected chi connectivity index (χ4v) is 3.86. The Hall–Kier alpha value is -1.40. The van der Waals surface area contributed by atoms with Gasteiger partial charge in [0.15, 0.2) is 11.5 Å². The first-order chi connectivity index (χ1) is 10.6. The van der Waals surface area contributed by atoms with E-state index in [1.807, 2.05) is 30.0 Å². The highest BCUT2D eigenvalue weighted by Crippen LogP contribution is 2.30. The van der Waals surface area contributed by atoms with E-state index in [-0.39, 0.29) is 11.5 Å². The Kier molecular flexibility index (Phi) is 5.97. The van der Waals surface area contributed by atoms with Crippen LogP contribution in [0, 0.1) is 0 Å². The number of ether oxygens (including phenoxy) is 3. The summed E-state index contributed by atoms with van der Waals surface area (Å²) in [6.45, 7) is 0.558. The Labute approximate surface area is 135 Å². The van der Waals surface area contributed by atoms with Gasteiger partial charge in [-0.05, 0) is 29.9 Å². The summed E-state index contributed by atoms with van der Waals surface area (Å²) in [5.41, 5.74) is 0.681. The third kappa shape index (κ3) is 4.08. The minimum Gasteiger partial charge on any atom is -0.493 e. The van der Waals surface area contributed by atoms with Gasteiger partial charge in [0.05, 0.1) is 26.2 Å². The van der Waals surface area contributed by atoms with Crippen LogP contribution < -0.4 is 14.8 Å². The molecule has 5 nitrogen and oxygen atoms in total. The molecule has 1 fully saturated rings. The molecule has 0 aromatic heterocycles. The summed E-state index contributed by atoms with van der Waals surface area (Å²) in [5.74, 6) is 3.29. The van der Waals surface area contributed by atoms with Gasteiger partial charge in [0.1, 0.15) is 0 Å². The predicted octanol–water partition coefficient (Wildman–Crippen LogP) is 1.88. The number of benzene rings is 1. The SMILES string of the molecule is COc1ccc(CC(=O)NCC2(OC)CCSC2)cc1OC. The minimum absolute atomic E-state index is 0.0134. The second kappa shape index (κ2) is 7.74. The molecule has 1 aromatic carbocycles. The van der Waals surface area contributed by atoms with E-state index in [0.717, 1.165) is 23.5 Å². The van der Waals surface area contributed by atoms with Gasteiger partial charge in [0.2, 0.25) is 5.91 Å². The van der Waals surface area contributed by atoms with E-state index in [1.165, 1.54) is 0 Å². The van der Waals surface area contributed by atoms with Crippen LogP contribution in [0.25, 0.3) is 0 Å². The molecule has 0 radical (unpaired) electrons. The lowest BCUT2D eigenvalue weighted by Crippen LogP contribution is -2.45. The smallest absolute Gasteiger partial charge is 0.224 e. The van der Waals surface area contributed by atoms with E-state index < -0.39 is 0 Å². The largest absolute Gasteiger partial charge is 0.493 e. The monoisotopic (exact) mass is 325 g/mol. The van der Waals surface area contributed by atoms with Gasteiger partial charge in [0.25, 0.3) is 0 Å². The molecule has 6 heteroatoms. The summed E-state index contributed by atoms with van der Waals surface area (Å²) in [7, 11) is 4.89. The highest BCUT2D eigenvalue weighted by Gasteiger charge is 2.34. The third-order valence-corrected chi connectivity index (χ3v) is 5.14. The molecule has 1 N–H and O–H groups in total. The van der Waals surface area contributed by atoms with Gasteiger partial charge < -0.3 is 19.5 Å². The number of rotatable bonds is 7. The molecule has 0 bridgehead atoms. The molecule has 1 aromatic rings. The van der Waals surface area contributed by atoms with Crippen LogP contribution in [0.3, 0.4) is 0 Å². The summed E-state index contributed by atoms with van der Waals surface area (Å²) >= 11 is 1.86. The number of carbonyl (C=O) groups is 1. The van der Waals surface area contributed by atoms with Crippen molar-refractivity contribution in [3.63, 3.8) is 0 Å². The van der Waals surface area contributed by atoms with E-state index in [4.69, 9.17) is 14.2 Å². The fourth-order valence-electron chi connectivity index (χ4n) is 2.46. The van der Waals surface area contributed by atoms with E-state index in [0.29, 0.717) is 24.5 Å². The molecule has 22 heavy (non-hydrogen) atoms. The lowest BCUT2D eigenvalue weighted by molar-refractivity contribution is -0.121. The molecule has 1 aliphatic rings. The molecule has 0 spiro atoms. The Balaban J connectivity index is 1.91. The first kappa shape index (κ1) is 17.0. The van der Waals surface area contributed by atoms with Crippen molar-refractivity contribution in [2.45, 2.75) is 18.4 Å². The van der Waals surface area contributed by atoms with Crippen LogP contribution in [0.5, 0.6) is 11.5 Å². The average molecular weight is 325 g/mol. The van der Waals surface area contributed by atoms with Crippen LogP contribution in [-0.2, 0) is 16.0 Å². The van der Waals surface area contributed by atoms with Crippen molar-refractivity contribution in [3.8, 4) is 11.5 Å². The van der Waals surface area contributed by atoms with Gasteiger partial charge >= 0.3 is 0 Å². The molecule has 0 aliphatic carbocycles. The van der Waals surface area contributed by atoms with E-state index in [9.17, 15) is 4.79 Å². The maximum atomic E-state index is 12.1. The fraction of sp³-hybridized carbons (Fsp3) is 0.562. The maximum absolute atomic E-state index is 12.1. The van der Waals surface area contributed by atoms with E-state index >= 15 is 0 Å². The maximum Gasteiger partial charge on any atom is 0.224 e. The van der Waals surface area contributed by atoms with Crippen molar-refractivity contribution >= 4 is 17.7 Å². The van der Waals surface area contributed by atoms with Crippen molar-refractivity contribution in [1.82, 2.24) is 5.32 Å². The first-order valence-corrected chi connectivity index (χ1v) is 8.38. The van der Waals surface area contributed by atoms with Crippen molar-refractivity contribution in [3.05, 3.63) is 23.8 Å². The topological polar surface area (TPSA) is 56.8 Å². The molecular formula is C16H23NO4S. The number of methoxy groups -OCH3 is 3. The number of amides is 1. The Morgan fingerprint density at radius 2 is 2.05 bits per heavy atom. The van der Waals surface area contributed by atoms with Gasteiger partial charge in [-0.3, -0.25) is 4.79 Å². The van der Waals surface area contributed by atoms with Crippen molar-refractivity contribution in [2.24, 2.45) is 0 Å². The van der Waals surface area contributed by atoms with Gasteiger partial charge in [-0.1, -0.05) is 6.07 Å². The van der Waals surface area contributed by atoms with Gasteiger partial charge in [-0.2, -0.15) is 11.8 Å². The van der Waals surface area contributed by atoms with Crippen LogP contribution in [0.2, 0.25) is 0 Å². The zero-order chi connectivity index (χ0) is 16.0.